The van der Waals surface area contributed by atoms with Gasteiger partial charge in [0.05, 0.1) is 24.4 Å². The third kappa shape index (κ3) is 3.44. The van der Waals surface area contributed by atoms with Crippen LogP contribution in [0.2, 0.25) is 0 Å². The number of hydrogen-bond donors (Lipinski definition) is 1. The third-order valence-electron chi connectivity index (χ3n) is 6.27. The second-order valence-electron chi connectivity index (χ2n) is 7.95. The van der Waals surface area contributed by atoms with E-state index in [-0.39, 0.29) is 12.1 Å². The van der Waals surface area contributed by atoms with Crippen molar-refractivity contribution >= 4 is 17.3 Å². The second-order valence-corrected chi connectivity index (χ2v) is 8.33. The molecule has 0 spiro atoms. The summed E-state index contributed by atoms with van der Waals surface area (Å²) in [5.74, 6) is 0. The van der Waals surface area contributed by atoms with Crippen LogP contribution < -0.4 is 5.32 Å². The van der Waals surface area contributed by atoms with E-state index in [9.17, 15) is 0 Å². The molecule has 0 radical (unpaired) electrons. The van der Waals surface area contributed by atoms with Crippen LogP contribution in [0.15, 0.2) is 30.5 Å². The molecule has 2 aromatic heterocycles. The molecule has 1 aliphatic carbocycles. The van der Waals surface area contributed by atoms with Crippen molar-refractivity contribution in [2.24, 2.45) is 0 Å². The Morgan fingerprint density at radius 2 is 2.04 bits per heavy atom. The van der Waals surface area contributed by atoms with Crippen molar-refractivity contribution in [1.82, 2.24) is 19.8 Å². The van der Waals surface area contributed by atoms with Crippen molar-refractivity contribution in [3.63, 3.8) is 0 Å². The predicted molar refractivity (Wildman–Crippen MR) is 115 cm³/mol. The molecule has 0 amide bonds. The fraction of sp³-hybridized carbons (Fsp3) is 0.545. The summed E-state index contributed by atoms with van der Waals surface area (Å²) < 4.78 is 7.93. The highest BCUT2D eigenvalue weighted by Crippen LogP contribution is 2.42. The molecule has 28 heavy (non-hydrogen) atoms. The van der Waals surface area contributed by atoms with Gasteiger partial charge < -0.3 is 19.5 Å². The molecule has 1 aliphatic heterocycles. The fourth-order valence-electron chi connectivity index (χ4n) is 5.00. The van der Waals surface area contributed by atoms with E-state index in [0.29, 0.717) is 12.6 Å². The van der Waals surface area contributed by atoms with Crippen molar-refractivity contribution in [2.45, 2.75) is 57.7 Å². The smallest absolute Gasteiger partial charge is 0.170 e. The van der Waals surface area contributed by atoms with Crippen molar-refractivity contribution in [1.29, 1.82) is 0 Å². The average Bonchev–Trinajstić information content (AvgIpc) is 3.39. The van der Waals surface area contributed by atoms with Gasteiger partial charge in [0.1, 0.15) is 0 Å². The van der Waals surface area contributed by atoms with Gasteiger partial charge in [-0.1, -0.05) is 18.9 Å². The number of pyridine rings is 1. The summed E-state index contributed by atoms with van der Waals surface area (Å²) in [6.07, 6.45) is 7.10. The Labute approximate surface area is 173 Å². The summed E-state index contributed by atoms with van der Waals surface area (Å²) in [6, 6.07) is 9.26. The van der Waals surface area contributed by atoms with Crippen molar-refractivity contribution in [3.05, 3.63) is 53.1 Å². The van der Waals surface area contributed by atoms with Crippen LogP contribution in [0.25, 0.3) is 0 Å². The molecule has 1 saturated carbocycles. The first-order chi connectivity index (χ1) is 13.6. The van der Waals surface area contributed by atoms with Crippen LogP contribution in [0, 0.1) is 13.8 Å². The van der Waals surface area contributed by atoms with Gasteiger partial charge >= 0.3 is 0 Å². The van der Waals surface area contributed by atoms with Crippen molar-refractivity contribution in [2.75, 3.05) is 20.3 Å². The molecule has 2 aliphatic rings. The number of nitrogens with zero attached hydrogens (tertiary/aromatic N) is 3. The van der Waals surface area contributed by atoms with Gasteiger partial charge in [0.25, 0.3) is 0 Å². The van der Waals surface area contributed by atoms with Crippen LogP contribution in [0.4, 0.5) is 0 Å². The average molecular weight is 399 g/mol. The van der Waals surface area contributed by atoms with Crippen molar-refractivity contribution in [3.8, 4) is 0 Å². The van der Waals surface area contributed by atoms with Gasteiger partial charge in [0.2, 0.25) is 0 Å². The number of nitrogens with one attached hydrogen (secondary N) is 1. The summed E-state index contributed by atoms with van der Waals surface area (Å²) in [5, 5.41) is 4.31. The molecule has 2 aromatic rings. The lowest BCUT2D eigenvalue weighted by Crippen LogP contribution is -2.32. The highest BCUT2D eigenvalue weighted by molar-refractivity contribution is 7.80. The van der Waals surface area contributed by atoms with Crippen LogP contribution in [-0.4, -0.2) is 39.8 Å². The van der Waals surface area contributed by atoms with Crippen LogP contribution in [0.5, 0.6) is 0 Å². The maximum Gasteiger partial charge on any atom is 0.170 e. The normalized spacial score (nSPS) is 22.8. The number of aryl methyl sites for hydroxylation is 1. The minimum absolute atomic E-state index is 0.0445. The molecule has 2 atom stereocenters. The fourth-order valence-corrected chi connectivity index (χ4v) is 5.33. The summed E-state index contributed by atoms with van der Waals surface area (Å²) in [5.41, 5.74) is 5.09. The number of aromatic nitrogens is 2. The molecule has 150 valence electrons. The summed E-state index contributed by atoms with van der Waals surface area (Å²) in [6.45, 7) is 5.93. The second kappa shape index (κ2) is 8.21. The summed E-state index contributed by atoms with van der Waals surface area (Å²) in [7, 11) is 1.74. The molecule has 0 bridgehead atoms. The lowest BCUT2D eigenvalue weighted by atomic mass is 9.96. The van der Waals surface area contributed by atoms with E-state index in [0.717, 1.165) is 17.4 Å². The van der Waals surface area contributed by atoms with Gasteiger partial charge in [-0.2, -0.15) is 0 Å². The van der Waals surface area contributed by atoms with E-state index >= 15 is 0 Å². The number of hydrogen-bond acceptors (Lipinski definition) is 3. The third-order valence-corrected chi connectivity index (χ3v) is 6.62. The summed E-state index contributed by atoms with van der Waals surface area (Å²) >= 11 is 5.72. The lowest BCUT2D eigenvalue weighted by molar-refractivity contribution is 0.164. The van der Waals surface area contributed by atoms with Crippen molar-refractivity contribution < 1.29 is 4.74 Å². The SMILES string of the molecule is COCCN1C(=S)N[C@@H](c2ccccn2)[C@H]1c1cc(C)n(C2CCCC2)c1C. The first kappa shape index (κ1) is 19.4. The van der Waals surface area contributed by atoms with E-state index in [1.54, 1.807) is 7.11 Å². The molecule has 1 saturated heterocycles. The standard InChI is InChI=1S/C22H30N4OS/c1-15-14-18(16(2)26(15)17-8-4-5-9-17)21-20(19-10-6-7-11-23-19)24-22(28)25(21)12-13-27-3/h6-7,10-11,14,17,20-21H,4-5,8-9,12-13H2,1-3H3,(H,24,28)/t20-,21+/m0/s1. The highest BCUT2D eigenvalue weighted by atomic mass is 32.1. The molecule has 5 nitrogen and oxygen atoms in total. The van der Waals surface area contributed by atoms with Gasteiger partial charge in [0.15, 0.2) is 5.11 Å². The Balaban J connectivity index is 1.76. The van der Waals surface area contributed by atoms with E-state index in [2.05, 4.69) is 45.7 Å². The van der Waals surface area contributed by atoms with Crippen LogP contribution in [-0.2, 0) is 4.74 Å². The number of rotatable bonds is 6. The Morgan fingerprint density at radius 1 is 1.25 bits per heavy atom. The lowest BCUT2D eigenvalue weighted by Gasteiger charge is -2.28. The van der Waals surface area contributed by atoms with Gasteiger partial charge in [-0.05, 0) is 62.7 Å². The molecular formula is C22H30N4OS. The van der Waals surface area contributed by atoms with Gasteiger partial charge in [-0.15, -0.1) is 0 Å². The molecule has 1 N–H and O–H groups in total. The van der Waals surface area contributed by atoms with Gasteiger partial charge in [0, 0.05) is 37.3 Å². The zero-order valence-corrected chi connectivity index (χ0v) is 17.8. The first-order valence-corrected chi connectivity index (χ1v) is 10.7. The molecule has 4 rings (SSSR count). The Bertz CT molecular complexity index is 829. The van der Waals surface area contributed by atoms with E-state index in [1.165, 1.54) is 42.6 Å². The van der Waals surface area contributed by atoms with Crippen LogP contribution >= 0.6 is 12.2 Å². The topological polar surface area (TPSA) is 42.3 Å². The van der Waals surface area contributed by atoms with Crippen LogP contribution in [0.1, 0.15) is 66.5 Å². The largest absolute Gasteiger partial charge is 0.383 e. The monoisotopic (exact) mass is 398 g/mol. The Hall–Kier alpha value is -1.92. The zero-order valence-electron chi connectivity index (χ0n) is 17.0. The molecule has 0 unspecified atom stereocenters. The molecule has 2 fully saturated rings. The summed E-state index contributed by atoms with van der Waals surface area (Å²) in [4.78, 5) is 6.91. The van der Waals surface area contributed by atoms with Gasteiger partial charge in [-0.25, -0.2) is 0 Å². The quantitative estimate of drug-likeness (QED) is 0.738. The maximum absolute atomic E-state index is 5.72. The molecule has 6 heteroatoms. The molecule has 3 heterocycles. The molecular weight excluding hydrogens is 368 g/mol. The first-order valence-electron chi connectivity index (χ1n) is 10.3. The molecule has 0 aromatic carbocycles. The maximum atomic E-state index is 5.72. The van der Waals surface area contributed by atoms with Gasteiger partial charge in [-0.3, -0.25) is 4.98 Å². The van der Waals surface area contributed by atoms with E-state index < -0.39 is 0 Å². The van der Waals surface area contributed by atoms with E-state index in [4.69, 9.17) is 17.0 Å². The van der Waals surface area contributed by atoms with E-state index in [1.807, 2.05) is 18.3 Å². The Kier molecular flexibility index (Phi) is 5.69. The number of methoxy groups -OCH3 is 1. The minimum atomic E-state index is 0.0445. The minimum Gasteiger partial charge on any atom is -0.383 e. The zero-order chi connectivity index (χ0) is 19.7. The predicted octanol–water partition coefficient (Wildman–Crippen LogP) is 4.23. The number of ether oxygens (including phenoxy) is 1. The number of thiocarbonyl (C=S) groups is 1. The van der Waals surface area contributed by atoms with Crippen LogP contribution in [0.3, 0.4) is 0 Å². The highest BCUT2D eigenvalue weighted by Gasteiger charge is 2.41. The Morgan fingerprint density at radius 3 is 2.71 bits per heavy atom.